The molecule has 0 spiro atoms. The van der Waals surface area contributed by atoms with Crippen LogP contribution in [0.2, 0.25) is 0 Å². The maximum atomic E-state index is 12.9. The highest BCUT2D eigenvalue weighted by atomic mass is 19.1. The van der Waals surface area contributed by atoms with Gasteiger partial charge < -0.3 is 5.73 Å². The van der Waals surface area contributed by atoms with Crippen LogP contribution in [0.15, 0.2) is 18.2 Å². The van der Waals surface area contributed by atoms with Crippen molar-refractivity contribution < 1.29 is 4.39 Å². The minimum absolute atomic E-state index is 0.160. The summed E-state index contributed by atoms with van der Waals surface area (Å²) in [5, 5.41) is 0. The molecule has 0 heterocycles. The second kappa shape index (κ2) is 6.00. The molecule has 0 saturated carbocycles. The van der Waals surface area contributed by atoms with Crippen LogP contribution in [0, 0.1) is 18.7 Å². The van der Waals surface area contributed by atoms with Gasteiger partial charge >= 0.3 is 0 Å². The Kier molecular flexibility index (Phi) is 4.94. The van der Waals surface area contributed by atoms with E-state index in [1.165, 1.54) is 11.6 Å². The molecule has 0 aliphatic rings. The van der Waals surface area contributed by atoms with Gasteiger partial charge in [0.1, 0.15) is 5.82 Å². The highest BCUT2D eigenvalue weighted by Crippen LogP contribution is 2.14. The number of benzene rings is 1. The summed E-state index contributed by atoms with van der Waals surface area (Å²) in [5.41, 5.74) is 8.26. The van der Waals surface area contributed by atoms with E-state index in [1.807, 2.05) is 13.0 Å². The highest BCUT2D eigenvalue weighted by Gasteiger charge is 2.07. The molecule has 0 bridgehead atoms. The smallest absolute Gasteiger partial charge is 0.123 e. The quantitative estimate of drug-likeness (QED) is 0.813. The van der Waals surface area contributed by atoms with E-state index >= 15 is 0 Å². The Hall–Kier alpha value is -0.890. The molecule has 1 nitrogen and oxygen atoms in total. The van der Waals surface area contributed by atoms with Gasteiger partial charge in [0.2, 0.25) is 0 Å². The molecule has 0 fully saturated rings. The Balaban J connectivity index is 2.48. The summed E-state index contributed by atoms with van der Waals surface area (Å²) in [6.45, 7) is 6.32. The molecule has 1 atom stereocenters. The van der Waals surface area contributed by atoms with E-state index in [1.54, 1.807) is 6.07 Å². The fourth-order valence-corrected chi connectivity index (χ4v) is 2.00. The zero-order valence-corrected chi connectivity index (χ0v) is 10.5. The Morgan fingerprint density at radius 2 is 2.00 bits per heavy atom. The molecular weight excluding hydrogens is 201 g/mol. The van der Waals surface area contributed by atoms with Crippen molar-refractivity contribution in [1.29, 1.82) is 0 Å². The molecule has 2 N–H and O–H groups in total. The van der Waals surface area contributed by atoms with Crippen molar-refractivity contribution in [2.45, 2.75) is 46.1 Å². The Morgan fingerprint density at radius 3 is 2.56 bits per heavy atom. The SMILES string of the molecule is Cc1cc(F)ccc1CCC(N)CC(C)C. The van der Waals surface area contributed by atoms with Crippen molar-refractivity contribution in [3.63, 3.8) is 0 Å². The van der Waals surface area contributed by atoms with Crippen molar-refractivity contribution in [3.05, 3.63) is 35.1 Å². The van der Waals surface area contributed by atoms with Crippen LogP contribution in [0.1, 0.15) is 37.8 Å². The maximum absolute atomic E-state index is 12.9. The number of halogens is 1. The molecule has 2 heteroatoms. The third-order valence-corrected chi connectivity index (χ3v) is 2.86. The van der Waals surface area contributed by atoms with E-state index in [9.17, 15) is 4.39 Å². The monoisotopic (exact) mass is 223 g/mol. The van der Waals surface area contributed by atoms with Gasteiger partial charge in [-0.1, -0.05) is 19.9 Å². The van der Waals surface area contributed by atoms with E-state index in [0.29, 0.717) is 5.92 Å². The molecular formula is C14H22FN. The third-order valence-electron chi connectivity index (χ3n) is 2.86. The van der Waals surface area contributed by atoms with Crippen molar-refractivity contribution in [3.8, 4) is 0 Å². The number of aryl methyl sites for hydroxylation is 2. The van der Waals surface area contributed by atoms with Gasteiger partial charge in [0.15, 0.2) is 0 Å². The lowest BCUT2D eigenvalue weighted by Crippen LogP contribution is -2.22. The predicted octanol–water partition coefficient (Wildman–Crippen LogP) is 3.44. The minimum Gasteiger partial charge on any atom is -0.328 e. The van der Waals surface area contributed by atoms with Gasteiger partial charge in [-0.3, -0.25) is 0 Å². The molecule has 90 valence electrons. The minimum atomic E-state index is -0.160. The van der Waals surface area contributed by atoms with E-state index < -0.39 is 0 Å². The molecule has 0 radical (unpaired) electrons. The average molecular weight is 223 g/mol. The second-order valence-corrected chi connectivity index (χ2v) is 5.00. The molecule has 0 aliphatic carbocycles. The van der Waals surface area contributed by atoms with Crippen molar-refractivity contribution >= 4 is 0 Å². The number of hydrogen-bond donors (Lipinski definition) is 1. The van der Waals surface area contributed by atoms with Crippen molar-refractivity contribution in [2.75, 3.05) is 0 Å². The molecule has 0 aromatic heterocycles. The van der Waals surface area contributed by atoms with Gasteiger partial charge in [-0.05, 0) is 55.4 Å². The molecule has 1 aromatic rings. The summed E-state index contributed by atoms with van der Waals surface area (Å²) in [6.07, 6.45) is 2.98. The standard InChI is InChI=1S/C14H22FN/c1-10(2)8-14(16)7-5-12-4-6-13(15)9-11(12)3/h4,6,9-10,14H,5,7-8,16H2,1-3H3. The Labute approximate surface area is 97.9 Å². The van der Waals surface area contributed by atoms with Crippen LogP contribution in [0.4, 0.5) is 4.39 Å². The van der Waals surface area contributed by atoms with Gasteiger partial charge in [-0.15, -0.1) is 0 Å². The first-order valence-corrected chi connectivity index (χ1v) is 5.99. The van der Waals surface area contributed by atoms with Gasteiger partial charge in [-0.2, -0.15) is 0 Å². The largest absolute Gasteiger partial charge is 0.328 e. The van der Waals surface area contributed by atoms with Crippen LogP contribution < -0.4 is 5.73 Å². The Bertz CT molecular complexity index is 334. The second-order valence-electron chi connectivity index (χ2n) is 5.00. The molecule has 0 saturated heterocycles. The zero-order valence-electron chi connectivity index (χ0n) is 10.5. The molecule has 1 aromatic carbocycles. The van der Waals surface area contributed by atoms with Crippen LogP contribution in [-0.2, 0) is 6.42 Å². The molecule has 16 heavy (non-hydrogen) atoms. The summed E-state index contributed by atoms with van der Waals surface area (Å²) in [5.74, 6) is 0.483. The summed E-state index contributed by atoms with van der Waals surface area (Å²) in [6, 6.07) is 5.23. The number of nitrogens with two attached hydrogens (primary N) is 1. The lowest BCUT2D eigenvalue weighted by atomic mass is 9.96. The lowest BCUT2D eigenvalue weighted by molar-refractivity contribution is 0.473. The first kappa shape index (κ1) is 13.2. The van der Waals surface area contributed by atoms with Gasteiger partial charge in [-0.25, -0.2) is 4.39 Å². The number of rotatable bonds is 5. The molecule has 0 amide bonds. The third kappa shape index (κ3) is 4.31. The van der Waals surface area contributed by atoms with Crippen molar-refractivity contribution in [1.82, 2.24) is 0 Å². The number of hydrogen-bond acceptors (Lipinski definition) is 1. The first-order chi connectivity index (χ1) is 7.49. The van der Waals surface area contributed by atoms with Crippen LogP contribution in [0.3, 0.4) is 0 Å². The maximum Gasteiger partial charge on any atom is 0.123 e. The van der Waals surface area contributed by atoms with Crippen LogP contribution in [0.25, 0.3) is 0 Å². The normalized spacial score (nSPS) is 13.1. The van der Waals surface area contributed by atoms with E-state index in [4.69, 9.17) is 5.73 Å². The molecule has 1 rings (SSSR count). The van der Waals surface area contributed by atoms with Gasteiger partial charge in [0.05, 0.1) is 0 Å². The van der Waals surface area contributed by atoms with Crippen molar-refractivity contribution in [2.24, 2.45) is 11.7 Å². The summed E-state index contributed by atoms with van der Waals surface area (Å²) in [7, 11) is 0. The highest BCUT2D eigenvalue weighted by molar-refractivity contribution is 5.26. The summed E-state index contributed by atoms with van der Waals surface area (Å²) >= 11 is 0. The van der Waals surface area contributed by atoms with E-state index in [0.717, 1.165) is 24.8 Å². The van der Waals surface area contributed by atoms with Gasteiger partial charge in [0.25, 0.3) is 0 Å². The molecule has 0 aliphatic heterocycles. The summed E-state index contributed by atoms with van der Waals surface area (Å²) in [4.78, 5) is 0. The predicted molar refractivity (Wildman–Crippen MR) is 66.9 cm³/mol. The first-order valence-electron chi connectivity index (χ1n) is 5.99. The van der Waals surface area contributed by atoms with E-state index in [2.05, 4.69) is 13.8 Å². The van der Waals surface area contributed by atoms with Crippen LogP contribution in [-0.4, -0.2) is 6.04 Å². The fraction of sp³-hybridized carbons (Fsp3) is 0.571. The van der Waals surface area contributed by atoms with Crippen LogP contribution in [0.5, 0.6) is 0 Å². The summed E-state index contributed by atoms with van der Waals surface area (Å²) < 4.78 is 12.9. The topological polar surface area (TPSA) is 26.0 Å². The van der Waals surface area contributed by atoms with Crippen LogP contribution >= 0.6 is 0 Å². The zero-order chi connectivity index (χ0) is 12.1. The van der Waals surface area contributed by atoms with E-state index in [-0.39, 0.29) is 11.9 Å². The fourth-order valence-electron chi connectivity index (χ4n) is 2.00. The lowest BCUT2D eigenvalue weighted by Gasteiger charge is -2.14. The Morgan fingerprint density at radius 1 is 1.31 bits per heavy atom. The average Bonchev–Trinajstić information content (AvgIpc) is 2.15. The molecule has 1 unspecified atom stereocenters. The van der Waals surface area contributed by atoms with Gasteiger partial charge in [0, 0.05) is 6.04 Å².